The average Bonchev–Trinajstić information content (AvgIpc) is 3.38. The van der Waals surface area contributed by atoms with Crippen LogP contribution in [-0.2, 0) is 17.6 Å². The Labute approximate surface area is 175 Å². The molecule has 0 saturated heterocycles. The van der Waals surface area contributed by atoms with Crippen LogP contribution < -0.4 is 5.32 Å². The van der Waals surface area contributed by atoms with Crippen LogP contribution in [0.25, 0.3) is 16.6 Å². The topological polar surface area (TPSA) is 75.1 Å². The van der Waals surface area contributed by atoms with Gasteiger partial charge in [0.2, 0.25) is 5.91 Å². The Bertz CT molecular complexity index is 1170. The van der Waals surface area contributed by atoms with Gasteiger partial charge < -0.3 is 10.3 Å². The molecule has 2 N–H and O–H groups in total. The summed E-state index contributed by atoms with van der Waals surface area (Å²) >= 11 is 0. The molecule has 154 valence electrons. The summed E-state index contributed by atoms with van der Waals surface area (Å²) in [6.07, 6.45) is 11.1. The maximum atomic E-state index is 12.8. The van der Waals surface area contributed by atoms with Crippen LogP contribution in [0.1, 0.15) is 43.5 Å². The standard InChI is InChI=1S/C24H27N5O/c30-23(14-18-16-25-20-9-3-2-8-19(18)20)26-17-24(11-5-1-6-12-24)15-22-28-27-21-10-4-7-13-29(21)22/h2-4,7-10,13,16,25H,1,5-6,11-12,14-15,17H2,(H,26,30). The fraction of sp³-hybridized carbons (Fsp3) is 0.375. The van der Waals surface area contributed by atoms with E-state index < -0.39 is 0 Å². The molecule has 1 amide bonds. The third-order valence-corrected chi connectivity index (χ3v) is 6.52. The molecule has 6 nitrogen and oxygen atoms in total. The maximum absolute atomic E-state index is 12.8. The fourth-order valence-electron chi connectivity index (χ4n) is 4.86. The third kappa shape index (κ3) is 3.70. The van der Waals surface area contributed by atoms with Crippen LogP contribution in [0.2, 0.25) is 0 Å². The van der Waals surface area contributed by atoms with Gasteiger partial charge in [0.25, 0.3) is 0 Å². The van der Waals surface area contributed by atoms with E-state index in [2.05, 4.69) is 31.0 Å². The van der Waals surface area contributed by atoms with Crippen LogP contribution in [0.15, 0.2) is 54.9 Å². The van der Waals surface area contributed by atoms with Gasteiger partial charge >= 0.3 is 0 Å². The highest BCUT2D eigenvalue weighted by Gasteiger charge is 2.34. The molecule has 0 radical (unpaired) electrons. The Balaban J connectivity index is 1.30. The van der Waals surface area contributed by atoms with Crippen molar-refractivity contribution in [3.8, 4) is 0 Å². The molecule has 1 aromatic carbocycles. The molecular formula is C24H27N5O. The van der Waals surface area contributed by atoms with Crippen molar-refractivity contribution in [2.24, 2.45) is 5.41 Å². The van der Waals surface area contributed by atoms with Crippen LogP contribution in [0.3, 0.4) is 0 Å². The molecule has 1 saturated carbocycles. The highest BCUT2D eigenvalue weighted by molar-refractivity contribution is 5.88. The Morgan fingerprint density at radius 2 is 1.90 bits per heavy atom. The summed E-state index contributed by atoms with van der Waals surface area (Å²) in [7, 11) is 0. The summed E-state index contributed by atoms with van der Waals surface area (Å²) in [4.78, 5) is 16.1. The smallest absolute Gasteiger partial charge is 0.224 e. The number of aromatic amines is 1. The molecule has 4 aromatic rings. The second kappa shape index (κ2) is 7.94. The number of H-pyrrole nitrogens is 1. The minimum absolute atomic E-state index is 0.0485. The monoisotopic (exact) mass is 401 g/mol. The lowest BCUT2D eigenvalue weighted by Crippen LogP contribution is -2.41. The molecule has 3 aromatic heterocycles. The van der Waals surface area contributed by atoms with Crippen molar-refractivity contribution >= 4 is 22.5 Å². The number of aromatic nitrogens is 4. The van der Waals surface area contributed by atoms with Crippen LogP contribution in [0.4, 0.5) is 0 Å². The van der Waals surface area contributed by atoms with E-state index >= 15 is 0 Å². The largest absolute Gasteiger partial charge is 0.361 e. The number of fused-ring (bicyclic) bond motifs is 2. The number of para-hydroxylation sites is 1. The van der Waals surface area contributed by atoms with Crippen LogP contribution in [0, 0.1) is 5.41 Å². The molecular weight excluding hydrogens is 374 g/mol. The predicted octanol–water partition coefficient (Wildman–Crippen LogP) is 4.06. The van der Waals surface area contributed by atoms with Crippen LogP contribution >= 0.6 is 0 Å². The number of pyridine rings is 1. The van der Waals surface area contributed by atoms with E-state index in [-0.39, 0.29) is 11.3 Å². The highest BCUT2D eigenvalue weighted by atomic mass is 16.1. The summed E-state index contributed by atoms with van der Waals surface area (Å²) in [5, 5.41) is 13.1. The molecule has 0 unspecified atom stereocenters. The molecule has 0 spiro atoms. The number of carbonyl (C=O) groups is 1. The Morgan fingerprint density at radius 3 is 2.80 bits per heavy atom. The van der Waals surface area contributed by atoms with E-state index in [9.17, 15) is 4.79 Å². The third-order valence-electron chi connectivity index (χ3n) is 6.52. The van der Waals surface area contributed by atoms with E-state index in [1.165, 1.54) is 19.3 Å². The first kappa shape index (κ1) is 18.9. The summed E-state index contributed by atoms with van der Waals surface area (Å²) in [6, 6.07) is 14.1. The number of carbonyl (C=O) groups excluding carboxylic acids is 1. The van der Waals surface area contributed by atoms with Crippen LogP contribution in [-0.4, -0.2) is 32.0 Å². The normalized spacial score (nSPS) is 16.1. The predicted molar refractivity (Wildman–Crippen MR) is 117 cm³/mol. The second-order valence-electron chi connectivity index (χ2n) is 8.60. The van der Waals surface area contributed by atoms with Crippen molar-refractivity contribution < 1.29 is 4.79 Å². The molecule has 0 atom stereocenters. The number of hydrogen-bond donors (Lipinski definition) is 2. The van der Waals surface area contributed by atoms with Crippen molar-refractivity contribution in [3.05, 3.63) is 66.2 Å². The van der Waals surface area contributed by atoms with Gasteiger partial charge in [-0.15, -0.1) is 10.2 Å². The van der Waals surface area contributed by atoms with E-state index in [1.807, 2.05) is 48.8 Å². The molecule has 0 bridgehead atoms. The molecule has 5 rings (SSSR count). The van der Waals surface area contributed by atoms with Crippen molar-refractivity contribution in [1.29, 1.82) is 0 Å². The lowest BCUT2D eigenvalue weighted by molar-refractivity contribution is -0.121. The minimum Gasteiger partial charge on any atom is -0.361 e. The summed E-state index contributed by atoms with van der Waals surface area (Å²) < 4.78 is 2.07. The molecule has 0 aliphatic heterocycles. The summed E-state index contributed by atoms with van der Waals surface area (Å²) in [6.45, 7) is 0.690. The average molecular weight is 402 g/mol. The van der Waals surface area contributed by atoms with Gasteiger partial charge in [-0.2, -0.15) is 0 Å². The van der Waals surface area contributed by atoms with Gasteiger partial charge in [-0.25, -0.2) is 0 Å². The van der Waals surface area contributed by atoms with Gasteiger partial charge in [0, 0.05) is 36.3 Å². The number of rotatable bonds is 6. The van der Waals surface area contributed by atoms with Gasteiger partial charge in [-0.05, 0) is 42.0 Å². The molecule has 1 fully saturated rings. The SMILES string of the molecule is O=C(Cc1c[nH]c2ccccc12)NCC1(Cc2nnc3ccccn23)CCCCC1. The van der Waals surface area contributed by atoms with Crippen LogP contribution in [0.5, 0.6) is 0 Å². The zero-order chi connectivity index (χ0) is 20.4. The zero-order valence-corrected chi connectivity index (χ0v) is 17.1. The van der Waals surface area contributed by atoms with Crippen molar-refractivity contribution in [2.45, 2.75) is 44.9 Å². The number of benzene rings is 1. The van der Waals surface area contributed by atoms with Crippen molar-refractivity contribution in [3.63, 3.8) is 0 Å². The summed E-state index contributed by atoms with van der Waals surface area (Å²) in [5.41, 5.74) is 3.04. The quantitative estimate of drug-likeness (QED) is 0.512. The molecule has 30 heavy (non-hydrogen) atoms. The molecule has 6 heteroatoms. The molecule has 1 aliphatic carbocycles. The van der Waals surface area contributed by atoms with Gasteiger partial charge in [0.15, 0.2) is 5.65 Å². The lowest BCUT2D eigenvalue weighted by atomic mass is 9.71. The highest BCUT2D eigenvalue weighted by Crippen LogP contribution is 2.38. The maximum Gasteiger partial charge on any atom is 0.224 e. The first-order valence-corrected chi connectivity index (χ1v) is 10.8. The molecule has 1 aliphatic rings. The lowest BCUT2D eigenvalue weighted by Gasteiger charge is -2.37. The van der Waals surface area contributed by atoms with E-state index in [4.69, 9.17) is 0 Å². The number of nitrogens with one attached hydrogen (secondary N) is 2. The Hall–Kier alpha value is -3.15. The van der Waals surface area contributed by atoms with E-state index in [0.29, 0.717) is 13.0 Å². The van der Waals surface area contributed by atoms with Crippen molar-refractivity contribution in [2.75, 3.05) is 6.54 Å². The van der Waals surface area contributed by atoms with E-state index in [0.717, 1.165) is 47.2 Å². The Kier molecular flexibility index (Phi) is 4.99. The van der Waals surface area contributed by atoms with E-state index in [1.54, 1.807) is 0 Å². The summed E-state index contributed by atoms with van der Waals surface area (Å²) in [5.74, 6) is 1.06. The first-order valence-electron chi connectivity index (χ1n) is 10.8. The second-order valence-corrected chi connectivity index (χ2v) is 8.60. The number of amides is 1. The molecule has 3 heterocycles. The number of hydrogen-bond acceptors (Lipinski definition) is 3. The van der Waals surface area contributed by atoms with Gasteiger partial charge in [0.05, 0.1) is 6.42 Å². The van der Waals surface area contributed by atoms with Crippen molar-refractivity contribution in [1.82, 2.24) is 24.9 Å². The van der Waals surface area contributed by atoms with Gasteiger partial charge in [0.1, 0.15) is 5.82 Å². The fourth-order valence-corrected chi connectivity index (χ4v) is 4.86. The van der Waals surface area contributed by atoms with Gasteiger partial charge in [-0.1, -0.05) is 43.5 Å². The Morgan fingerprint density at radius 1 is 1.07 bits per heavy atom. The first-order chi connectivity index (χ1) is 14.7. The minimum atomic E-state index is 0.0485. The number of nitrogens with zero attached hydrogens (tertiary/aromatic N) is 3. The zero-order valence-electron chi connectivity index (χ0n) is 17.1. The van der Waals surface area contributed by atoms with Gasteiger partial charge in [-0.3, -0.25) is 9.20 Å².